The first-order chi connectivity index (χ1) is 9.08. The molecule has 0 amide bonds. The second-order valence-corrected chi connectivity index (χ2v) is 5.12. The standard InChI is InChI=1S/C13H19N3O3/c1-9-2-4-12(5-3-9)19-13-7-10(15-14)6-11(8-13)16(17)18/h6-9,12,15H,2-5,14H2,1H3. The first-order valence-electron chi connectivity index (χ1n) is 6.51. The molecule has 2 rings (SSSR count). The largest absolute Gasteiger partial charge is 0.490 e. The van der Waals surface area contributed by atoms with Crippen LogP contribution in [0.15, 0.2) is 18.2 Å². The lowest BCUT2D eigenvalue weighted by atomic mass is 9.89. The number of hydrazine groups is 1. The van der Waals surface area contributed by atoms with Crippen LogP contribution in [0.5, 0.6) is 5.75 Å². The molecule has 0 unspecified atom stereocenters. The fourth-order valence-electron chi connectivity index (χ4n) is 2.38. The molecule has 1 saturated carbocycles. The molecule has 0 radical (unpaired) electrons. The van der Waals surface area contributed by atoms with Gasteiger partial charge in [-0.25, -0.2) is 0 Å². The number of hydrogen-bond acceptors (Lipinski definition) is 5. The summed E-state index contributed by atoms with van der Waals surface area (Å²) in [7, 11) is 0. The number of nitrogen functional groups attached to an aromatic ring is 1. The molecule has 1 aliphatic rings. The van der Waals surface area contributed by atoms with Gasteiger partial charge in [-0.1, -0.05) is 6.92 Å². The van der Waals surface area contributed by atoms with Crippen LogP contribution in [-0.2, 0) is 0 Å². The van der Waals surface area contributed by atoms with Crippen molar-refractivity contribution >= 4 is 11.4 Å². The molecule has 104 valence electrons. The lowest BCUT2D eigenvalue weighted by Crippen LogP contribution is -2.23. The SMILES string of the molecule is CC1CCC(Oc2cc(NN)cc([N+](=O)[O-])c2)CC1. The molecule has 6 heteroatoms. The summed E-state index contributed by atoms with van der Waals surface area (Å²) in [6.07, 6.45) is 4.41. The van der Waals surface area contributed by atoms with Crippen molar-refractivity contribution in [2.45, 2.75) is 38.7 Å². The zero-order valence-corrected chi connectivity index (χ0v) is 11.0. The van der Waals surface area contributed by atoms with Crippen molar-refractivity contribution in [3.63, 3.8) is 0 Å². The molecule has 0 spiro atoms. The Labute approximate surface area is 112 Å². The zero-order valence-electron chi connectivity index (χ0n) is 11.0. The molecule has 3 N–H and O–H groups in total. The monoisotopic (exact) mass is 265 g/mol. The van der Waals surface area contributed by atoms with E-state index < -0.39 is 4.92 Å². The topological polar surface area (TPSA) is 90.4 Å². The lowest BCUT2D eigenvalue weighted by molar-refractivity contribution is -0.384. The normalized spacial score (nSPS) is 22.8. The highest BCUT2D eigenvalue weighted by Gasteiger charge is 2.20. The summed E-state index contributed by atoms with van der Waals surface area (Å²) in [6, 6.07) is 4.51. The molecule has 0 bridgehead atoms. The van der Waals surface area contributed by atoms with E-state index in [1.807, 2.05) is 0 Å². The summed E-state index contributed by atoms with van der Waals surface area (Å²) in [6.45, 7) is 2.24. The fourth-order valence-corrected chi connectivity index (χ4v) is 2.38. The maximum Gasteiger partial charge on any atom is 0.275 e. The number of nitro benzene ring substituents is 1. The average molecular weight is 265 g/mol. The van der Waals surface area contributed by atoms with Crippen LogP contribution in [0.3, 0.4) is 0 Å². The molecule has 19 heavy (non-hydrogen) atoms. The highest BCUT2D eigenvalue weighted by Crippen LogP contribution is 2.30. The molecule has 1 aromatic carbocycles. The van der Waals surface area contributed by atoms with Crippen LogP contribution in [0, 0.1) is 16.0 Å². The molecular weight excluding hydrogens is 246 g/mol. The Morgan fingerprint density at radius 1 is 1.32 bits per heavy atom. The van der Waals surface area contributed by atoms with E-state index in [4.69, 9.17) is 10.6 Å². The van der Waals surface area contributed by atoms with Crippen molar-refractivity contribution in [3.8, 4) is 5.75 Å². The Hall–Kier alpha value is -1.82. The third-order valence-electron chi connectivity index (χ3n) is 3.53. The Kier molecular flexibility index (Phi) is 4.21. The maximum absolute atomic E-state index is 10.8. The molecular formula is C13H19N3O3. The molecule has 1 aliphatic carbocycles. The lowest BCUT2D eigenvalue weighted by Gasteiger charge is -2.26. The molecule has 1 aromatic rings. The minimum absolute atomic E-state index is 0.0189. The molecule has 0 aromatic heterocycles. The van der Waals surface area contributed by atoms with E-state index in [1.165, 1.54) is 12.1 Å². The quantitative estimate of drug-likeness (QED) is 0.496. The van der Waals surface area contributed by atoms with E-state index in [0.29, 0.717) is 11.4 Å². The van der Waals surface area contributed by atoms with Crippen molar-refractivity contribution in [2.24, 2.45) is 11.8 Å². The van der Waals surface area contributed by atoms with Gasteiger partial charge < -0.3 is 10.2 Å². The number of benzene rings is 1. The third-order valence-corrected chi connectivity index (χ3v) is 3.53. The Morgan fingerprint density at radius 2 is 2.00 bits per heavy atom. The van der Waals surface area contributed by atoms with Gasteiger partial charge in [0.2, 0.25) is 0 Å². The minimum atomic E-state index is -0.448. The van der Waals surface area contributed by atoms with Gasteiger partial charge in [-0.3, -0.25) is 16.0 Å². The first kappa shape index (κ1) is 13.6. The van der Waals surface area contributed by atoms with Crippen LogP contribution in [0.2, 0.25) is 0 Å². The molecule has 0 atom stereocenters. The van der Waals surface area contributed by atoms with Crippen molar-refractivity contribution in [1.82, 2.24) is 0 Å². The van der Waals surface area contributed by atoms with Crippen molar-refractivity contribution < 1.29 is 9.66 Å². The van der Waals surface area contributed by atoms with Crippen LogP contribution < -0.4 is 16.0 Å². The number of ether oxygens (including phenoxy) is 1. The van der Waals surface area contributed by atoms with Gasteiger partial charge in [-0.05, 0) is 31.6 Å². The van der Waals surface area contributed by atoms with Crippen LogP contribution >= 0.6 is 0 Å². The van der Waals surface area contributed by atoms with Gasteiger partial charge in [0.1, 0.15) is 5.75 Å². The molecule has 0 aliphatic heterocycles. The summed E-state index contributed by atoms with van der Waals surface area (Å²) in [5.74, 6) is 6.55. The van der Waals surface area contributed by atoms with Crippen LogP contribution in [0.25, 0.3) is 0 Å². The highest BCUT2D eigenvalue weighted by molar-refractivity contribution is 5.55. The molecule has 0 saturated heterocycles. The average Bonchev–Trinajstić information content (AvgIpc) is 2.41. The highest BCUT2D eigenvalue weighted by atomic mass is 16.6. The Bertz CT molecular complexity index is 456. The first-order valence-corrected chi connectivity index (χ1v) is 6.51. The number of non-ortho nitro benzene ring substituents is 1. The van der Waals surface area contributed by atoms with E-state index in [9.17, 15) is 10.1 Å². The van der Waals surface area contributed by atoms with E-state index in [1.54, 1.807) is 6.07 Å². The van der Waals surface area contributed by atoms with Crippen molar-refractivity contribution in [1.29, 1.82) is 0 Å². The van der Waals surface area contributed by atoms with E-state index in [2.05, 4.69) is 12.3 Å². The smallest absolute Gasteiger partial charge is 0.275 e. The van der Waals surface area contributed by atoms with Gasteiger partial charge in [0.05, 0.1) is 22.8 Å². The van der Waals surface area contributed by atoms with Crippen LogP contribution in [0.4, 0.5) is 11.4 Å². The number of nitrogens with two attached hydrogens (primary N) is 1. The second kappa shape index (κ2) is 5.88. The predicted molar refractivity (Wildman–Crippen MR) is 73.0 cm³/mol. The number of nitro groups is 1. The van der Waals surface area contributed by atoms with Gasteiger partial charge in [-0.15, -0.1) is 0 Å². The van der Waals surface area contributed by atoms with Gasteiger partial charge in [0, 0.05) is 12.1 Å². The molecule has 0 heterocycles. The Morgan fingerprint density at radius 3 is 2.58 bits per heavy atom. The summed E-state index contributed by atoms with van der Waals surface area (Å²) >= 11 is 0. The third kappa shape index (κ3) is 3.57. The number of rotatable bonds is 4. The molecule has 1 fully saturated rings. The van der Waals surface area contributed by atoms with Crippen LogP contribution in [-0.4, -0.2) is 11.0 Å². The number of nitrogens with one attached hydrogen (secondary N) is 1. The van der Waals surface area contributed by atoms with E-state index in [-0.39, 0.29) is 11.8 Å². The summed E-state index contributed by atoms with van der Waals surface area (Å²) < 4.78 is 5.84. The van der Waals surface area contributed by atoms with Gasteiger partial charge in [0.15, 0.2) is 0 Å². The summed E-state index contributed by atoms with van der Waals surface area (Å²) in [5.41, 5.74) is 2.88. The van der Waals surface area contributed by atoms with Crippen molar-refractivity contribution in [2.75, 3.05) is 5.43 Å². The minimum Gasteiger partial charge on any atom is -0.490 e. The second-order valence-electron chi connectivity index (χ2n) is 5.12. The van der Waals surface area contributed by atoms with E-state index in [0.717, 1.165) is 31.6 Å². The fraction of sp³-hybridized carbons (Fsp3) is 0.538. The molecule has 6 nitrogen and oxygen atoms in total. The number of nitrogens with zero attached hydrogens (tertiary/aromatic N) is 1. The van der Waals surface area contributed by atoms with Gasteiger partial charge in [-0.2, -0.15) is 0 Å². The summed E-state index contributed by atoms with van der Waals surface area (Å²) in [5, 5.41) is 10.8. The maximum atomic E-state index is 10.8. The number of anilines is 1. The van der Waals surface area contributed by atoms with Crippen LogP contribution in [0.1, 0.15) is 32.6 Å². The predicted octanol–water partition coefficient (Wildman–Crippen LogP) is 2.84. The summed E-state index contributed by atoms with van der Waals surface area (Å²) in [4.78, 5) is 10.4. The van der Waals surface area contributed by atoms with Gasteiger partial charge in [0.25, 0.3) is 5.69 Å². The van der Waals surface area contributed by atoms with Crippen molar-refractivity contribution in [3.05, 3.63) is 28.3 Å². The Balaban J connectivity index is 2.10. The van der Waals surface area contributed by atoms with E-state index >= 15 is 0 Å². The zero-order chi connectivity index (χ0) is 13.8. The number of hydrogen-bond donors (Lipinski definition) is 2. The van der Waals surface area contributed by atoms with Gasteiger partial charge >= 0.3 is 0 Å².